The highest BCUT2D eigenvalue weighted by molar-refractivity contribution is 5.99. The molecule has 0 aromatic heterocycles. The third-order valence-corrected chi connectivity index (χ3v) is 1.75. The molecule has 0 aliphatic heterocycles. The van der Waals surface area contributed by atoms with Crippen LogP contribution in [0.3, 0.4) is 0 Å². The lowest BCUT2D eigenvalue weighted by atomic mass is 10.1. The molecule has 0 aliphatic carbocycles. The van der Waals surface area contributed by atoms with Crippen LogP contribution < -0.4 is 11.1 Å². The molecule has 1 aromatic carbocycles. The second kappa shape index (κ2) is 3.88. The number of carbonyl (C=O) groups excluding carboxylic acids is 1. The fourth-order valence-electron chi connectivity index (χ4n) is 1.15. The number of amides is 1. The molecule has 0 spiro atoms. The van der Waals surface area contributed by atoms with E-state index in [-0.39, 0.29) is 17.1 Å². The first kappa shape index (κ1) is 11.5. The smallest absolute Gasteiger partial charge is 0.253 e. The van der Waals surface area contributed by atoms with Crippen molar-refractivity contribution in [3.63, 3.8) is 0 Å². The van der Waals surface area contributed by atoms with Crippen molar-refractivity contribution in [1.82, 2.24) is 5.32 Å². The van der Waals surface area contributed by atoms with Gasteiger partial charge < -0.3 is 11.1 Å². The van der Waals surface area contributed by atoms with Crippen LogP contribution >= 0.6 is 0 Å². The van der Waals surface area contributed by atoms with Gasteiger partial charge in [-0.1, -0.05) is 0 Å². The fourth-order valence-corrected chi connectivity index (χ4v) is 1.15. The number of benzene rings is 1. The van der Waals surface area contributed by atoms with Gasteiger partial charge in [0.15, 0.2) is 0 Å². The van der Waals surface area contributed by atoms with Gasteiger partial charge in [0.1, 0.15) is 5.82 Å². The zero-order valence-corrected chi connectivity index (χ0v) is 9.10. The number of carbonyl (C=O) groups is 1. The van der Waals surface area contributed by atoms with Crippen LogP contribution in [0, 0.1) is 5.82 Å². The molecule has 4 heteroatoms. The molecule has 1 rings (SSSR count). The molecule has 0 fully saturated rings. The molecule has 0 saturated carbocycles. The Balaban J connectivity index is 2.92. The maximum absolute atomic E-state index is 12.7. The summed E-state index contributed by atoms with van der Waals surface area (Å²) in [7, 11) is 0. The normalized spacial score (nSPS) is 11.2. The Morgan fingerprint density at radius 1 is 1.40 bits per heavy atom. The predicted molar refractivity (Wildman–Crippen MR) is 58.0 cm³/mol. The predicted octanol–water partition coefficient (Wildman–Crippen LogP) is 1.94. The largest absolute Gasteiger partial charge is 0.398 e. The first-order chi connectivity index (χ1) is 6.79. The SMILES string of the molecule is CC(C)(C)NC(=O)c1ccc(F)cc1N. The summed E-state index contributed by atoms with van der Waals surface area (Å²) >= 11 is 0. The highest BCUT2D eigenvalue weighted by atomic mass is 19.1. The molecule has 0 aliphatic rings. The van der Waals surface area contributed by atoms with Gasteiger partial charge in [-0.15, -0.1) is 0 Å². The van der Waals surface area contributed by atoms with Crippen molar-refractivity contribution >= 4 is 11.6 Å². The Hall–Kier alpha value is -1.58. The van der Waals surface area contributed by atoms with Crippen LogP contribution in [0.2, 0.25) is 0 Å². The summed E-state index contributed by atoms with van der Waals surface area (Å²) in [6.07, 6.45) is 0. The van der Waals surface area contributed by atoms with E-state index < -0.39 is 5.82 Å². The van der Waals surface area contributed by atoms with Crippen molar-refractivity contribution in [3.05, 3.63) is 29.6 Å². The first-order valence-corrected chi connectivity index (χ1v) is 4.67. The first-order valence-electron chi connectivity index (χ1n) is 4.67. The van der Waals surface area contributed by atoms with Crippen LogP contribution in [-0.2, 0) is 0 Å². The van der Waals surface area contributed by atoms with Crippen molar-refractivity contribution in [1.29, 1.82) is 0 Å². The molecule has 3 N–H and O–H groups in total. The summed E-state index contributed by atoms with van der Waals surface area (Å²) in [4.78, 5) is 11.7. The average Bonchev–Trinajstić information content (AvgIpc) is 1.99. The van der Waals surface area contributed by atoms with E-state index in [2.05, 4.69) is 5.32 Å². The summed E-state index contributed by atoms with van der Waals surface area (Å²) in [6.45, 7) is 5.60. The molecule has 0 radical (unpaired) electrons. The van der Waals surface area contributed by atoms with Crippen LogP contribution in [0.5, 0.6) is 0 Å². The summed E-state index contributed by atoms with van der Waals surface area (Å²) in [6, 6.07) is 3.73. The number of nitrogen functional groups attached to an aromatic ring is 1. The molecular formula is C11H15FN2O. The minimum atomic E-state index is -0.445. The Bertz CT molecular complexity index is 383. The zero-order valence-electron chi connectivity index (χ0n) is 9.10. The van der Waals surface area contributed by atoms with Crippen molar-refractivity contribution in [3.8, 4) is 0 Å². The number of nitrogens with one attached hydrogen (secondary N) is 1. The van der Waals surface area contributed by atoms with E-state index in [0.717, 1.165) is 6.07 Å². The lowest BCUT2D eigenvalue weighted by Gasteiger charge is -2.20. The highest BCUT2D eigenvalue weighted by Gasteiger charge is 2.17. The second-order valence-corrected chi connectivity index (χ2v) is 4.44. The van der Waals surface area contributed by atoms with E-state index >= 15 is 0 Å². The second-order valence-electron chi connectivity index (χ2n) is 4.44. The Kier molecular flexibility index (Phi) is 2.98. The Morgan fingerprint density at radius 3 is 2.47 bits per heavy atom. The zero-order chi connectivity index (χ0) is 11.6. The molecule has 1 aromatic rings. The highest BCUT2D eigenvalue weighted by Crippen LogP contribution is 2.14. The van der Waals surface area contributed by atoms with E-state index in [1.54, 1.807) is 0 Å². The Labute approximate surface area is 88.5 Å². The van der Waals surface area contributed by atoms with Crippen molar-refractivity contribution in [2.75, 3.05) is 5.73 Å². The third-order valence-electron chi connectivity index (χ3n) is 1.75. The van der Waals surface area contributed by atoms with Crippen LogP contribution in [-0.4, -0.2) is 11.4 Å². The molecule has 1 amide bonds. The van der Waals surface area contributed by atoms with Crippen LogP contribution in [0.25, 0.3) is 0 Å². The molecule has 0 atom stereocenters. The lowest BCUT2D eigenvalue weighted by Crippen LogP contribution is -2.40. The van der Waals surface area contributed by atoms with Crippen molar-refractivity contribution < 1.29 is 9.18 Å². The minimum Gasteiger partial charge on any atom is -0.398 e. The number of hydrogen-bond donors (Lipinski definition) is 2. The van der Waals surface area contributed by atoms with Gasteiger partial charge in [0.25, 0.3) is 5.91 Å². The van der Waals surface area contributed by atoms with Crippen molar-refractivity contribution in [2.24, 2.45) is 0 Å². The van der Waals surface area contributed by atoms with Gasteiger partial charge in [0.05, 0.1) is 5.56 Å². The summed E-state index contributed by atoms with van der Waals surface area (Å²) < 4.78 is 12.7. The van der Waals surface area contributed by atoms with E-state index in [1.165, 1.54) is 12.1 Å². The quantitative estimate of drug-likeness (QED) is 0.696. The number of nitrogens with two attached hydrogens (primary N) is 1. The Morgan fingerprint density at radius 2 is 2.00 bits per heavy atom. The van der Waals surface area contributed by atoms with Gasteiger partial charge in [-0.05, 0) is 39.0 Å². The van der Waals surface area contributed by atoms with E-state index in [0.29, 0.717) is 5.56 Å². The average molecular weight is 210 g/mol. The molecular weight excluding hydrogens is 195 g/mol. The van der Waals surface area contributed by atoms with Crippen LogP contribution in [0.4, 0.5) is 10.1 Å². The molecule has 0 saturated heterocycles. The summed E-state index contributed by atoms with van der Waals surface area (Å²) in [5, 5.41) is 2.75. The van der Waals surface area contributed by atoms with Crippen LogP contribution in [0.15, 0.2) is 18.2 Å². The molecule has 82 valence electrons. The maximum atomic E-state index is 12.7. The van der Waals surface area contributed by atoms with Gasteiger partial charge in [0, 0.05) is 11.2 Å². The van der Waals surface area contributed by atoms with Gasteiger partial charge in [-0.2, -0.15) is 0 Å². The molecule has 0 unspecified atom stereocenters. The maximum Gasteiger partial charge on any atom is 0.253 e. The summed E-state index contributed by atoms with van der Waals surface area (Å²) in [5.41, 5.74) is 5.65. The molecule has 0 heterocycles. The monoisotopic (exact) mass is 210 g/mol. The number of hydrogen-bond acceptors (Lipinski definition) is 2. The van der Waals surface area contributed by atoms with Crippen LogP contribution in [0.1, 0.15) is 31.1 Å². The number of halogens is 1. The molecule has 15 heavy (non-hydrogen) atoms. The standard InChI is InChI=1S/C11H15FN2O/c1-11(2,3)14-10(15)8-5-4-7(12)6-9(8)13/h4-6H,13H2,1-3H3,(H,14,15). The van der Waals surface area contributed by atoms with Gasteiger partial charge in [-0.3, -0.25) is 4.79 Å². The number of anilines is 1. The third kappa shape index (κ3) is 3.23. The molecule has 3 nitrogen and oxygen atoms in total. The fraction of sp³-hybridized carbons (Fsp3) is 0.364. The topological polar surface area (TPSA) is 55.1 Å². The van der Waals surface area contributed by atoms with Gasteiger partial charge in [0.2, 0.25) is 0 Å². The van der Waals surface area contributed by atoms with E-state index in [9.17, 15) is 9.18 Å². The molecule has 0 bridgehead atoms. The van der Waals surface area contributed by atoms with Gasteiger partial charge in [-0.25, -0.2) is 4.39 Å². The van der Waals surface area contributed by atoms with E-state index in [4.69, 9.17) is 5.73 Å². The minimum absolute atomic E-state index is 0.150. The summed E-state index contributed by atoms with van der Waals surface area (Å²) in [5.74, 6) is -0.736. The van der Waals surface area contributed by atoms with E-state index in [1.807, 2.05) is 20.8 Å². The van der Waals surface area contributed by atoms with Crippen molar-refractivity contribution in [2.45, 2.75) is 26.3 Å². The lowest BCUT2D eigenvalue weighted by molar-refractivity contribution is 0.0920. The van der Waals surface area contributed by atoms with Gasteiger partial charge >= 0.3 is 0 Å². The number of rotatable bonds is 1.